The molecule has 4 heteroatoms. The predicted molar refractivity (Wildman–Crippen MR) is 95.4 cm³/mol. The van der Waals surface area contributed by atoms with Gasteiger partial charge in [-0.1, -0.05) is 30.3 Å². The summed E-state index contributed by atoms with van der Waals surface area (Å²) in [4.78, 5) is 15.1. The van der Waals surface area contributed by atoms with Crippen LogP contribution in [0.2, 0.25) is 0 Å². The number of aromatic carboxylic acids is 1. The maximum absolute atomic E-state index is 11.3. The van der Waals surface area contributed by atoms with Gasteiger partial charge in [-0.05, 0) is 61.7 Å². The highest BCUT2D eigenvalue weighted by Gasteiger charge is 2.22. The second kappa shape index (κ2) is 6.69. The summed E-state index contributed by atoms with van der Waals surface area (Å²) in [6.45, 7) is 0.983. The molecule has 1 heterocycles. The van der Waals surface area contributed by atoms with E-state index in [1.54, 1.807) is 0 Å². The van der Waals surface area contributed by atoms with Crippen molar-refractivity contribution < 1.29 is 9.90 Å². The lowest BCUT2D eigenvalue weighted by molar-refractivity contribution is 0.0702. The monoisotopic (exact) mass is 327 g/mol. The van der Waals surface area contributed by atoms with Crippen LogP contribution in [-0.2, 0) is 12.8 Å². The van der Waals surface area contributed by atoms with Gasteiger partial charge >= 0.3 is 5.97 Å². The molecule has 1 aliphatic carbocycles. The summed E-state index contributed by atoms with van der Waals surface area (Å²) in [6, 6.07) is 10.3. The number of rotatable bonds is 4. The fourth-order valence-corrected chi connectivity index (χ4v) is 4.04. The van der Waals surface area contributed by atoms with Gasteiger partial charge in [-0.25, -0.2) is 4.79 Å². The second-order valence-corrected chi connectivity index (χ2v) is 7.26. The molecule has 1 N–H and O–H groups in total. The summed E-state index contributed by atoms with van der Waals surface area (Å²) in [5.41, 5.74) is 4.90. The number of nitrogens with zero attached hydrogens (tertiary/aromatic N) is 1. The Morgan fingerprint density at radius 2 is 2.04 bits per heavy atom. The second-order valence-electron chi connectivity index (χ2n) is 6.12. The minimum atomic E-state index is -0.830. The maximum Gasteiger partial charge on any atom is 0.345 e. The number of hydrogen-bond donors (Lipinski definition) is 1. The Kier molecular flexibility index (Phi) is 4.64. The third-order valence-electron chi connectivity index (χ3n) is 4.16. The standard InChI is InChI=1S/C19H21NO2S/c1-20(2)11-5-8-15-14-7-4-3-6-13(14)9-10-17-16(15)12-18(23-17)19(21)22/h3-4,6-8,12H,5,9-11H2,1-2H3,(H,21,22)/b15-8+. The van der Waals surface area contributed by atoms with Gasteiger partial charge in [0, 0.05) is 11.4 Å². The zero-order valence-electron chi connectivity index (χ0n) is 13.5. The van der Waals surface area contributed by atoms with E-state index in [-0.39, 0.29) is 0 Å². The quantitative estimate of drug-likeness (QED) is 0.925. The van der Waals surface area contributed by atoms with Crippen molar-refractivity contribution in [3.8, 4) is 0 Å². The molecule has 0 bridgehead atoms. The summed E-state index contributed by atoms with van der Waals surface area (Å²) < 4.78 is 0. The molecule has 0 radical (unpaired) electrons. The molecule has 3 nitrogen and oxygen atoms in total. The summed E-state index contributed by atoms with van der Waals surface area (Å²) in [5, 5.41) is 9.32. The van der Waals surface area contributed by atoms with E-state index in [4.69, 9.17) is 0 Å². The minimum absolute atomic E-state index is 0.438. The minimum Gasteiger partial charge on any atom is -0.477 e. The van der Waals surface area contributed by atoms with Crippen molar-refractivity contribution in [1.82, 2.24) is 4.90 Å². The molecule has 1 aromatic carbocycles. The van der Waals surface area contributed by atoms with Crippen molar-refractivity contribution >= 4 is 22.9 Å². The third-order valence-corrected chi connectivity index (χ3v) is 5.35. The number of hydrogen-bond acceptors (Lipinski definition) is 3. The maximum atomic E-state index is 11.3. The molecule has 0 atom stereocenters. The first-order valence-electron chi connectivity index (χ1n) is 7.86. The molecule has 3 rings (SSSR count). The van der Waals surface area contributed by atoms with Gasteiger partial charge in [-0.3, -0.25) is 0 Å². The molecule has 0 aliphatic heterocycles. The summed E-state index contributed by atoms with van der Waals surface area (Å²) in [5.74, 6) is -0.830. The number of benzene rings is 1. The molecule has 0 spiro atoms. The molecule has 23 heavy (non-hydrogen) atoms. The Hall–Kier alpha value is -1.91. The van der Waals surface area contributed by atoms with Gasteiger partial charge in [0.15, 0.2) is 0 Å². The van der Waals surface area contributed by atoms with Crippen molar-refractivity contribution in [3.05, 3.63) is 62.9 Å². The van der Waals surface area contributed by atoms with E-state index in [1.807, 2.05) is 6.07 Å². The van der Waals surface area contributed by atoms with Crippen LogP contribution in [0.5, 0.6) is 0 Å². The van der Waals surface area contributed by atoms with Crippen LogP contribution in [0.4, 0.5) is 0 Å². The molecular weight excluding hydrogens is 306 g/mol. The van der Waals surface area contributed by atoms with E-state index in [1.165, 1.54) is 32.9 Å². The Morgan fingerprint density at radius 1 is 1.26 bits per heavy atom. The molecule has 0 fully saturated rings. The zero-order valence-corrected chi connectivity index (χ0v) is 14.3. The fraction of sp³-hybridized carbons (Fsp3) is 0.316. The molecule has 0 saturated carbocycles. The first-order valence-corrected chi connectivity index (χ1v) is 8.67. The van der Waals surface area contributed by atoms with Gasteiger partial charge in [0.25, 0.3) is 0 Å². The number of thiophene rings is 1. The number of carbonyl (C=O) groups is 1. The number of carboxylic acid groups (broad SMARTS) is 1. The molecule has 2 aromatic rings. The lowest BCUT2D eigenvalue weighted by atomic mass is 9.95. The van der Waals surface area contributed by atoms with Crippen molar-refractivity contribution in [2.75, 3.05) is 20.6 Å². The van der Waals surface area contributed by atoms with Crippen LogP contribution in [0.3, 0.4) is 0 Å². The van der Waals surface area contributed by atoms with E-state index in [0.29, 0.717) is 4.88 Å². The average Bonchev–Trinajstić information content (AvgIpc) is 2.88. The Balaban J connectivity index is 2.08. The van der Waals surface area contributed by atoms with Crippen molar-refractivity contribution in [2.24, 2.45) is 0 Å². The Morgan fingerprint density at radius 3 is 2.78 bits per heavy atom. The third kappa shape index (κ3) is 3.38. The highest BCUT2D eigenvalue weighted by molar-refractivity contribution is 7.14. The average molecular weight is 327 g/mol. The summed E-state index contributed by atoms with van der Waals surface area (Å²) in [7, 11) is 4.14. The first-order chi connectivity index (χ1) is 11.1. The van der Waals surface area contributed by atoms with Crippen molar-refractivity contribution in [3.63, 3.8) is 0 Å². The number of fused-ring (bicyclic) bond motifs is 2. The normalized spacial score (nSPS) is 15.3. The van der Waals surface area contributed by atoms with Crippen LogP contribution in [0.25, 0.3) is 5.57 Å². The summed E-state index contributed by atoms with van der Waals surface area (Å²) >= 11 is 1.42. The molecular formula is C19H21NO2S. The fourth-order valence-electron chi connectivity index (χ4n) is 3.03. The van der Waals surface area contributed by atoms with E-state index in [9.17, 15) is 9.90 Å². The molecule has 0 unspecified atom stereocenters. The van der Waals surface area contributed by atoms with Gasteiger partial charge in [0.2, 0.25) is 0 Å². The van der Waals surface area contributed by atoms with Gasteiger partial charge in [0.1, 0.15) is 4.88 Å². The molecule has 120 valence electrons. The lowest BCUT2D eigenvalue weighted by Gasteiger charge is -2.11. The van der Waals surface area contributed by atoms with E-state index in [2.05, 4.69) is 49.3 Å². The van der Waals surface area contributed by atoms with Crippen LogP contribution in [0, 0.1) is 0 Å². The topological polar surface area (TPSA) is 40.5 Å². The van der Waals surface area contributed by atoms with Crippen LogP contribution in [0.1, 0.15) is 37.7 Å². The smallest absolute Gasteiger partial charge is 0.345 e. The van der Waals surface area contributed by atoms with Gasteiger partial charge in [-0.15, -0.1) is 11.3 Å². The number of carboxylic acids is 1. The van der Waals surface area contributed by atoms with E-state index in [0.717, 1.165) is 31.4 Å². The Labute approximate surface area is 140 Å². The van der Waals surface area contributed by atoms with Crippen molar-refractivity contribution in [1.29, 1.82) is 0 Å². The molecule has 0 amide bonds. The first kappa shape index (κ1) is 16.0. The molecule has 1 aromatic heterocycles. The van der Waals surface area contributed by atoms with Crippen LogP contribution in [-0.4, -0.2) is 36.6 Å². The highest BCUT2D eigenvalue weighted by atomic mass is 32.1. The van der Waals surface area contributed by atoms with Crippen LogP contribution in [0.15, 0.2) is 36.4 Å². The highest BCUT2D eigenvalue weighted by Crippen LogP contribution is 2.38. The Bertz CT molecular complexity index is 758. The van der Waals surface area contributed by atoms with Crippen LogP contribution >= 0.6 is 11.3 Å². The van der Waals surface area contributed by atoms with Gasteiger partial charge in [0.05, 0.1) is 0 Å². The summed E-state index contributed by atoms with van der Waals surface area (Å²) in [6.07, 6.45) is 5.10. The largest absolute Gasteiger partial charge is 0.477 e. The molecule has 0 saturated heterocycles. The van der Waals surface area contributed by atoms with Gasteiger partial charge in [-0.2, -0.15) is 0 Å². The van der Waals surface area contributed by atoms with E-state index >= 15 is 0 Å². The SMILES string of the molecule is CN(C)CC/C=C1\c2ccccc2CCc2sc(C(=O)O)cc21. The molecule has 1 aliphatic rings. The number of aryl methyl sites for hydroxylation is 2. The van der Waals surface area contributed by atoms with Crippen molar-refractivity contribution in [2.45, 2.75) is 19.3 Å². The lowest BCUT2D eigenvalue weighted by Crippen LogP contribution is -2.12. The van der Waals surface area contributed by atoms with Crippen LogP contribution < -0.4 is 0 Å². The predicted octanol–water partition coefficient (Wildman–Crippen LogP) is 3.93. The zero-order chi connectivity index (χ0) is 16.4. The van der Waals surface area contributed by atoms with Gasteiger partial charge < -0.3 is 10.0 Å². The van der Waals surface area contributed by atoms with E-state index < -0.39 is 5.97 Å².